The van der Waals surface area contributed by atoms with Crippen LogP contribution < -0.4 is 4.90 Å². The average Bonchev–Trinajstić information content (AvgIpc) is 2.75. The first-order chi connectivity index (χ1) is 10.4. The molecule has 0 aromatic heterocycles. The van der Waals surface area contributed by atoms with Crippen LogP contribution in [0.3, 0.4) is 0 Å². The summed E-state index contributed by atoms with van der Waals surface area (Å²) >= 11 is 0. The summed E-state index contributed by atoms with van der Waals surface area (Å²) in [6, 6.07) is 4.06. The lowest BCUT2D eigenvalue weighted by molar-refractivity contribution is 0.0341. The van der Waals surface area contributed by atoms with E-state index in [-0.39, 0.29) is 5.41 Å². The van der Waals surface area contributed by atoms with E-state index < -0.39 is 6.09 Å². The van der Waals surface area contributed by atoms with Gasteiger partial charge < -0.3 is 9.84 Å². The summed E-state index contributed by atoms with van der Waals surface area (Å²) in [4.78, 5) is 15.3. The molecule has 5 nitrogen and oxygen atoms in total. The molecular formula is C17H24N2O3. The van der Waals surface area contributed by atoms with Gasteiger partial charge in [0, 0.05) is 31.6 Å². The van der Waals surface area contributed by atoms with Crippen molar-refractivity contribution in [2.45, 2.75) is 32.7 Å². The number of hydrogen-bond acceptors (Lipinski definition) is 3. The number of amides is 1. The minimum Gasteiger partial charge on any atom is -0.465 e. The highest BCUT2D eigenvalue weighted by Gasteiger charge is 2.39. The number of benzene rings is 1. The van der Waals surface area contributed by atoms with Crippen LogP contribution in [0.2, 0.25) is 0 Å². The maximum Gasteiger partial charge on any atom is 0.411 e. The van der Waals surface area contributed by atoms with Gasteiger partial charge in [-0.05, 0) is 29.7 Å². The first-order valence-corrected chi connectivity index (χ1v) is 7.83. The fourth-order valence-electron chi connectivity index (χ4n) is 3.72. The first-order valence-electron chi connectivity index (χ1n) is 7.83. The molecule has 0 unspecified atom stereocenters. The molecule has 0 radical (unpaired) electrons. The van der Waals surface area contributed by atoms with Crippen molar-refractivity contribution in [1.29, 1.82) is 0 Å². The summed E-state index contributed by atoms with van der Waals surface area (Å²) in [6.45, 7) is 11.3. The number of anilines is 1. The molecule has 1 aromatic rings. The normalized spacial score (nSPS) is 21.0. The standard InChI is InChI=1S/C17H24N2O3/c1-12-13(10-18-6-8-22-9-7-18)4-5-14-15(12)17(2,3)11-19(14)16(20)21/h4-5H,6-11H2,1-3H3,(H,20,21). The molecule has 2 aliphatic heterocycles. The zero-order valence-electron chi connectivity index (χ0n) is 13.6. The Bertz CT molecular complexity index is 592. The van der Waals surface area contributed by atoms with Gasteiger partial charge in [0.05, 0.1) is 18.9 Å². The third-order valence-corrected chi connectivity index (χ3v) is 4.80. The Hall–Kier alpha value is -1.59. The van der Waals surface area contributed by atoms with E-state index in [9.17, 15) is 9.90 Å². The zero-order valence-corrected chi connectivity index (χ0v) is 13.6. The third-order valence-electron chi connectivity index (χ3n) is 4.80. The summed E-state index contributed by atoms with van der Waals surface area (Å²) in [6.07, 6.45) is -0.868. The van der Waals surface area contributed by atoms with E-state index in [1.807, 2.05) is 6.07 Å². The molecule has 22 heavy (non-hydrogen) atoms. The topological polar surface area (TPSA) is 53.0 Å². The predicted molar refractivity (Wildman–Crippen MR) is 85.7 cm³/mol. The largest absolute Gasteiger partial charge is 0.465 e. The van der Waals surface area contributed by atoms with Crippen molar-refractivity contribution in [2.24, 2.45) is 0 Å². The van der Waals surface area contributed by atoms with E-state index in [0.717, 1.165) is 38.5 Å². The van der Waals surface area contributed by atoms with Crippen LogP contribution in [0.15, 0.2) is 12.1 Å². The molecule has 120 valence electrons. The Morgan fingerprint density at radius 3 is 2.64 bits per heavy atom. The van der Waals surface area contributed by atoms with Crippen molar-refractivity contribution in [3.63, 3.8) is 0 Å². The molecule has 1 fully saturated rings. The van der Waals surface area contributed by atoms with Gasteiger partial charge in [-0.15, -0.1) is 0 Å². The monoisotopic (exact) mass is 304 g/mol. The number of rotatable bonds is 2. The Labute approximate surface area is 131 Å². The molecule has 1 N–H and O–H groups in total. The lowest BCUT2D eigenvalue weighted by atomic mass is 9.82. The molecule has 1 amide bonds. The smallest absolute Gasteiger partial charge is 0.411 e. The maximum atomic E-state index is 11.5. The molecule has 0 bridgehead atoms. The number of ether oxygens (including phenoxy) is 1. The number of nitrogens with zero attached hydrogens (tertiary/aromatic N) is 2. The lowest BCUT2D eigenvalue weighted by Gasteiger charge is -2.28. The SMILES string of the molecule is Cc1c(CN2CCOCC2)ccc2c1C(C)(C)CN2C(=O)O. The van der Waals surface area contributed by atoms with E-state index in [1.165, 1.54) is 21.6 Å². The predicted octanol–water partition coefficient (Wildman–Crippen LogP) is 2.60. The van der Waals surface area contributed by atoms with Crippen LogP contribution in [0.1, 0.15) is 30.5 Å². The summed E-state index contributed by atoms with van der Waals surface area (Å²) in [5.41, 5.74) is 4.42. The minimum atomic E-state index is -0.868. The quantitative estimate of drug-likeness (QED) is 0.912. The number of carbonyl (C=O) groups is 1. The second kappa shape index (κ2) is 5.56. The van der Waals surface area contributed by atoms with Gasteiger partial charge in [-0.2, -0.15) is 0 Å². The van der Waals surface area contributed by atoms with Crippen LogP contribution in [0.4, 0.5) is 10.5 Å². The van der Waals surface area contributed by atoms with E-state index in [0.29, 0.717) is 6.54 Å². The number of carboxylic acid groups (broad SMARTS) is 1. The zero-order chi connectivity index (χ0) is 15.9. The molecule has 0 saturated carbocycles. The van der Waals surface area contributed by atoms with Gasteiger partial charge in [0.1, 0.15) is 0 Å². The Balaban J connectivity index is 1.94. The van der Waals surface area contributed by atoms with Crippen molar-refractivity contribution in [1.82, 2.24) is 4.90 Å². The Morgan fingerprint density at radius 2 is 2.00 bits per heavy atom. The van der Waals surface area contributed by atoms with Crippen LogP contribution >= 0.6 is 0 Å². The fraction of sp³-hybridized carbons (Fsp3) is 0.588. The van der Waals surface area contributed by atoms with Crippen LogP contribution in [0, 0.1) is 6.92 Å². The molecule has 3 rings (SSSR count). The average molecular weight is 304 g/mol. The molecule has 2 aliphatic rings. The maximum absolute atomic E-state index is 11.5. The summed E-state index contributed by atoms with van der Waals surface area (Å²) in [7, 11) is 0. The number of fused-ring (bicyclic) bond motifs is 1. The van der Waals surface area contributed by atoms with Gasteiger partial charge in [-0.3, -0.25) is 9.80 Å². The van der Waals surface area contributed by atoms with Gasteiger partial charge in [0.15, 0.2) is 0 Å². The second-order valence-corrected chi connectivity index (χ2v) is 6.88. The highest BCUT2D eigenvalue weighted by Crippen LogP contribution is 2.43. The van der Waals surface area contributed by atoms with Crippen molar-refractivity contribution in [2.75, 3.05) is 37.7 Å². The number of hydrogen-bond donors (Lipinski definition) is 1. The molecular weight excluding hydrogens is 280 g/mol. The Morgan fingerprint density at radius 1 is 1.32 bits per heavy atom. The minimum absolute atomic E-state index is 0.140. The molecule has 1 saturated heterocycles. The van der Waals surface area contributed by atoms with E-state index in [1.54, 1.807) is 0 Å². The van der Waals surface area contributed by atoms with Gasteiger partial charge in [0.2, 0.25) is 0 Å². The van der Waals surface area contributed by atoms with Crippen LogP contribution in [0.25, 0.3) is 0 Å². The molecule has 0 aliphatic carbocycles. The van der Waals surface area contributed by atoms with E-state index in [2.05, 4.69) is 31.7 Å². The summed E-state index contributed by atoms with van der Waals surface area (Å²) in [5.74, 6) is 0. The molecule has 0 spiro atoms. The fourth-order valence-corrected chi connectivity index (χ4v) is 3.72. The van der Waals surface area contributed by atoms with Crippen LogP contribution in [-0.2, 0) is 16.7 Å². The van der Waals surface area contributed by atoms with Gasteiger partial charge in [-0.1, -0.05) is 19.9 Å². The van der Waals surface area contributed by atoms with Crippen molar-refractivity contribution in [3.05, 3.63) is 28.8 Å². The van der Waals surface area contributed by atoms with Crippen LogP contribution in [0.5, 0.6) is 0 Å². The summed E-state index contributed by atoms with van der Waals surface area (Å²) < 4.78 is 5.40. The Kier molecular flexibility index (Phi) is 3.87. The van der Waals surface area contributed by atoms with Gasteiger partial charge in [-0.25, -0.2) is 4.79 Å². The van der Waals surface area contributed by atoms with Crippen molar-refractivity contribution >= 4 is 11.8 Å². The third kappa shape index (κ3) is 2.59. The van der Waals surface area contributed by atoms with Gasteiger partial charge in [0.25, 0.3) is 0 Å². The first kappa shape index (κ1) is 15.3. The van der Waals surface area contributed by atoms with E-state index in [4.69, 9.17) is 4.74 Å². The van der Waals surface area contributed by atoms with Crippen LogP contribution in [-0.4, -0.2) is 48.9 Å². The highest BCUT2D eigenvalue weighted by atomic mass is 16.5. The molecule has 2 heterocycles. The van der Waals surface area contributed by atoms with E-state index >= 15 is 0 Å². The molecule has 5 heteroatoms. The highest BCUT2D eigenvalue weighted by molar-refractivity contribution is 5.90. The lowest BCUT2D eigenvalue weighted by Crippen LogP contribution is -2.36. The van der Waals surface area contributed by atoms with Crippen molar-refractivity contribution in [3.8, 4) is 0 Å². The molecule has 0 atom stereocenters. The molecule has 1 aromatic carbocycles. The number of morpholine rings is 1. The second-order valence-electron chi connectivity index (χ2n) is 6.88. The van der Waals surface area contributed by atoms with Gasteiger partial charge >= 0.3 is 6.09 Å². The van der Waals surface area contributed by atoms with Crippen molar-refractivity contribution < 1.29 is 14.6 Å². The summed E-state index contributed by atoms with van der Waals surface area (Å²) in [5, 5.41) is 9.42.